The smallest absolute Gasteiger partial charge is 0.343 e. The van der Waals surface area contributed by atoms with Gasteiger partial charge in [0.05, 0.1) is 19.9 Å². The summed E-state index contributed by atoms with van der Waals surface area (Å²) in [6.07, 6.45) is 0. The highest BCUT2D eigenvalue weighted by Gasteiger charge is 2.18. The number of ether oxygens (including phenoxy) is 2. The number of hydrogen-bond donors (Lipinski definition) is 2. The van der Waals surface area contributed by atoms with Crippen molar-refractivity contribution in [2.75, 3.05) is 20.0 Å². The minimum absolute atomic E-state index is 0.0770. The van der Waals surface area contributed by atoms with Gasteiger partial charge in [0.1, 0.15) is 5.56 Å². The van der Waals surface area contributed by atoms with Gasteiger partial charge in [-0.1, -0.05) is 0 Å². The Morgan fingerprint density at radius 1 is 1.43 bits per heavy atom. The lowest BCUT2D eigenvalue weighted by Gasteiger charge is -2.09. The largest absolute Gasteiger partial charge is 0.504 e. The number of rotatable bonds is 2. The summed E-state index contributed by atoms with van der Waals surface area (Å²) in [6, 6.07) is 2.93. The molecule has 0 heterocycles. The second-order valence-corrected chi connectivity index (χ2v) is 2.57. The van der Waals surface area contributed by atoms with Gasteiger partial charge >= 0.3 is 5.97 Å². The molecule has 14 heavy (non-hydrogen) atoms. The van der Waals surface area contributed by atoms with E-state index in [0.29, 0.717) is 0 Å². The van der Waals surface area contributed by atoms with Crippen LogP contribution in [0.3, 0.4) is 0 Å². The van der Waals surface area contributed by atoms with E-state index in [4.69, 9.17) is 10.5 Å². The van der Waals surface area contributed by atoms with Crippen molar-refractivity contribution in [3.05, 3.63) is 17.7 Å². The zero-order valence-electron chi connectivity index (χ0n) is 7.90. The lowest BCUT2D eigenvalue weighted by molar-refractivity contribution is 0.0598. The van der Waals surface area contributed by atoms with Gasteiger partial charge in [-0.2, -0.15) is 0 Å². The molecule has 0 aromatic heterocycles. The molecule has 1 aromatic rings. The van der Waals surface area contributed by atoms with Gasteiger partial charge in [-0.3, -0.25) is 0 Å². The van der Waals surface area contributed by atoms with E-state index in [1.54, 1.807) is 0 Å². The fourth-order valence-electron chi connectivity index (χ4n) is 1.07. The summed E-state index contributed by atoms with van der Waals surface area (Å²) >= 11 is 0. The Balaban J connectivity index is 3.32. The number of phenols is 1. The fourth-order valence-corrected chi connectivity index (χ4v) is 1.07. The van der Waals surface area contributed by atoms with E-state index in [-0.39, 0.29) is 22.7 Å². The molecule has 0 spiro atoms. The first kappa shape index (κ1) is 10.2. The Morgan fingerprint density at radius 2 is 2.07 bits per heavy atom. The summed E-state index contributed by atoms with van der Waals surface area (Å²) in [5, 5.41) is 9.57. The molecule has 1 rings (SSSR count). The van der Waals surface area contributed by atoms with Crippen molar-refractivity contribution in [1.29, 1.82) is 0 Å². The predicted octanol–water partition coefficient (Wildman–Crippen LogP) is 0.770. The maximum Gasteiger partial charge on any atom is 0.343 e. The van der Waals surface area contributed by atoms with Crippen LogP contribution in [0.2, 0.25) is 0 Å². The predicted molar refractivity (Wildman–Crippen MR) is 50.4 cm³/mol. The number of anilines is 1. The standard InChI is InChI=1S/C9H11NO4/c1-13-6-4-3-5(10)7(8(6)11)9(12)14-2/h3-4,11H,10H2,1-2H3. The molecular weight excluding hydrogens is 186 g/mol. The second-order valence-electron chi connectivity index (χ2n) is 2.57. The second kappa shape index (κ2) is 3.87. The van der Waals surface area contributed by atoms with Crippen LogP contribution in [-0.4, -0.2) is 25.3 Å². The quantitative estimate of drug-likeness (QED) is 0.540. The SMILES string of the molecule is COC(=O)c1c(N)ccc(OC)c1O. The van der Waals surface area contributed by atoms with Gasteiger partial charge in [-0.25, -0.2) is 4.79 Å². The van der Waals surface area contributed by atoms with Gasteiger partial charge < -0.3 is 20.3 Å². The highest BCUT2D eigenvalue weighted by atomic mass is 16.5. The average Bonchev–Trinajstić information content (AvgIpc) is 2.18. The van der Waals surface area contributed by atoms with E-state index in [2.05, 4.69) is 4.74 Å². The molecule has 76 valence electrons. The number of benzene rings is 1. The van der Waals surface area contributed by atoms with Crippen LogP contribution in [0, 0.1) is 0 Å². The molecule has 0 amide bonds. The lowest BCUT2D eigenvalue weighted by atomic mass is 10.1. The van der Waals surface area contributed by atoms with E-state index < -0.39 is 5.97 Å². The molecule has 0 bridgehead atoms. The van der Waals surface area contributed by atoms with Crippen molar-refractivity contribution < 1.29 is 19.4 Å². The maximum absolute atomic E-state index is 11.2. The molecule has 0 fully saturated rings. The molecule has 0 aliphatic rings. The Morgan fingerprint density at radius 3 is 2.57 bits per heavy atom. The number of carbonyl (C=O) groups excluding carboxylic acids is 1. The number of esters is 1. The summed E-state index contributed by atoms with van der Waals surface area (Å²) in [4.78, 5) is 11.2. The summed E-state index contributed by atoms with van der Waals surface area (Å²) in [5.74, 6) is -0.821. The highest BCUT2D eigenvalue weighted by Crippen LogP contribution is 2.33. The van der Waals surface area contributed by atoms with Crippen LogP contribution in [0.4, 0.5) is 5.69 Å². The molecule has 3 N–H and O–H groups in total. The zero-order chi connectivity index (χ0) is 10.7. The maximum atomic E-state index is 11.2. The van der Waals surface area contributed by atoms with Crippen molar-refractivity contribution in [3.8, 4) is 11.5 Å². The van der Waals surface area contributed by atoms with E-state index in [0.717, 1.165) is 0 Å². The van der Waals surface area contributed by atoms with Gasteiger partial charge in [0.2, 0.25) is 0 Å². The van der Waals surface area contributed by atoms with E-state index in [1.165, 1.54) is 26.4 Å². The monoisotopic (exact) mass is 197 g/mol. The summed E-state index contributed by atoms with van der Waals surface area (Å²) < 4.78 is 9.28. The number of carbonyl (C=O) groups is 1. The van der Waals surface area contributed by atoms with Crippen molar-refractivity contribution >= 4 is 11.7 Å². The number of nitrogen functional groups attached to an aromatic ring is 1. The average molecular weight is 197 g/mol. The van der Waals surface area contributed by atoms with Gasteiger partial charge in [0.15, 0.2) is 11.5 Å². The summed E-state index contributed by atoms with van der Waals surface area (Å²) in [5.41, 5.74) is 5.58. The molecule has 5 heteroatoms. The van der Waals surface area contributed by atoms with Gasteiger partial charge in [0.25, 0.3) is 0 Å². The molecule has 0 saturated carbocycles. The normalized spacial score (nSPS) is 9.57. The van der Waals surface area contributed by atoms with Crippen LogP contribution < -0.4 is 10.5 Å². The van der Waals surface area contributed by atoms with Crippen LogP contribution in [0.1, 0.15) is 10.4 Å². The van der Waals surface area contributed by atoms with E-state index in [9.17, 15) is 9.90 Å². The summed E-state index contributed by atoms with van der Waals surface area (Å²) in [7, 11) is 2.59. The van der Waals surface area contributed by atoms with Crippen LogP contribution in [0.25, 0.3) is 0 Å². The van der Waals surface area contributed by atoms with Gasteiger partial charge in [-0.05, 0) is 12.1 Å². The number of nitrogens with two attached hydrogens (primary N) is 1. The summed E-state index contributed by atoms with van der Waals surface area (Å²) in [6.45, 7) is 0. The minimum atomic E-state index is -0.695. The van der Waals surface area contributed by atoms with Crippen molar-refractivity contribution in [3.63, 3.8) is 0 Å². The van der Waals surface area contributed by atoms with E-state index in [1.807, 2.05) is 0 Å². The number of hydrogen-bond acceptors (Lipinski definition) is 5. The van der Waals surface area contributed by atoms with Crippen LogP contribution in [0.15, 0.2) is 12.1 Å². The van der Waals surface area contributed by atoms with Gasteiger partial charge in [-0.15, -0.1) is 0 Å². The highest BCUT2D eigenvalue weighted by molar-refractivity contribution is 5.98. The molecule has 0 unspecified atom stereocenters. The lowest BCUT2D eigenvalue weighted by Crippen LogP contribution is -2.06. The third-order valence-corrected chi connectivity index (χ3v) is 1.78. The van der Waals surface area contributed by atoms with Crippen molar-refractivity contribution in [2.45, 2.75) is 0 Å². The molecule has 5 nitrogen and oxygen atoms in total. The Bertz CT molecular complexity index is 362. The number of phenolic OH excluding ortho intramolecular Hbond substituents is 1. The number of aromatic hydroxyl groups is 1. The molecule has 0 aliphatic heterocycles. The first-order chi connectivity index (χ1) is 6.61. The third kappa shape index (κ3) is 1.56. The topological polar surface area (TPSA) is 81.8 Å². The molecule has 1 aromatic carbocycles. The molecule has 0 atom stereocenters. The third-order valence-electron chi connectivity index (χ3n) is 1.78. The van der Waals surface area contributed by atoms with Crippen LogP contribution >= 0.6 is 0 Å². The minimum Gasteiger partial charge on any atom is -0.504 e. The fraction of sp³-hybridized carbons (Fsp3) is 0.222. The zero-order valence-corrected chi connectivity index (χ0v) is 7.90. The first-order valence-corrected chi connectivity index (χ1v) is 3.85. The van der Waals surface area contributed by atoms with Gasteiger partial charge in [0, 0.05) is 0 Å². The molecule has 0 radical (unpaired) electrons. The molecule has 0 aliphatic carbocycles. The van der Waals surface area contributed by atoms with Crippen molar-refractivity contribution in [1.82, 2.24) is 0 Å². The Kier molecular flexibility index (Phi) is 2.81. The van der Waals surface area contributed by atoms with E-state index >= 15 is 0 Å². The van der Waals surface area contributed by atoms with Crippen molar-refractivity contribution in [2.24, 2.45) is 0 Å². The Labute approximate surface area is 81.0 Å². The number of methoxy groups -OCH3 is 2. The van der Waals surface area contributed by atoms with Crippen LogP contribution in [0.5, 0.6) is 11.5 Å². The molecule has 0 saturated heterocycles. The van der Waals surface area contributed by atoms with Crippen LogP contribution in [-0.2, 0) is 4.74 Å². The Hall–Kier alpha value is -1.91. The molecular formula is C9H11NO4. The first-order valence-electron chi connectivity index (χ1n) is 3.85.